The number of hydrogen-bond acceptors (Lipinski definition) is 16. The number of fused-ring (bicyclic) bond motifs is 1. The second-order valence-electron chi connectivity index (χ2n) is 13.8. The van der Waals surface area contributed by atoms with Gasteiger partial charge >= 0.3 is 23.6 Å². The number of carbonyl (C=O) groups excluding carboxylic acids is 3. The van der Waals surface area contributed by atoms with Gasteiger partial charge in [-0.1, -0.05) is 0 Å². The van der Waals surface area contributed by atoms with Crippen LogP contribution in [-0.2, 0) is 40.4 Å². The molecule has 3 fully saturated rings. The number of aryl methyl sites for hydroxylation is 1. The van der Waals surface area contributed by atoms with Gasteiger partial charge in [-0.05, 0) is 62.6 Å². The Labute approximate surface area is 302 Å². The van der Waals surface area contributed by atoms with Crippen molar-refractivity contribution in [2.75, 3.05) is 23.8 Å². The predicted molar refractivity (Wildman–Crippen MR) is 179 cm³/mol. The largest absolute Gasteiger partial charge is 0.458 e. The maximum atomic E-state index is 15.9. The first-order valence-electron chi connectivity index (χ1n) is 17.1. The molecule has 0 radical (unpaired) electrons. The minimum atomic E-state index is -1.57. The summed E-state index contributed by atoms with van der Waals surface area (Å²) in [5, 5.41) is 13.5. The number of aromatic nitrogens is 6. The van der Waals surface area contributed by atoms with E-state index in [1.807, 2.05) is 0 Å². The summed E-state index contributed by atoms with van der Waals surface area (Å²) < 4.78 is 60.4. The van der Waals surface area contributed by atoms with Gasteiger partial charge in [0.15, 0.2) is 35.4 Å². The molecule has 6 atom stereocenters. The molecule has 18 nitrogen and oxygen atoms in total. The molecule has 3 aliphatic rings. The Morgan fingerprint density at radius 1 is 1.00 bits per heavy atom. The van der Waals surface area contributed by atoms with Gasteiger partial charge in [-0.15, -0.1) is 0 Å². The molecule has 3 saturated heterocycles. The third kappa shape index (κ3) is 8.22. The highest BCUT2D eigenvalue weighted by Crippen LogP contribution is 2.39. The van der Waals surface area contributed by atoms with E-state index in [4.69, 9.17) is 23.7 Å². The first-order chi connectivity index (χ1) is 25.1. The lowest BCUT2D eigenvalue weighted by atomic mass is 9.84. The van der Waals surface area contributed by atoms with Gasteiger partial charge in [-0.2, -0.15) is 14.3 Å². The number of rotatable bonds is 10. The van der Waals surface area contributed by atoms with Gasteiger partial charge in [-0.3, -0.25) is 19.3 Å². The molecule has 20 heteroatoms. The van der Waals surface area contributed by atoms with Crippen LogP contribution in [0.3, 0.4) is 0 Å². The fourth-order valence-electron chi connectivity index (χ4n) is 7.26. The van der Waals surface area contributed by atoms with E-state index >= 15 is 8.78 Å². The molecule has 6 unspecified atom stereocenters. The molecule has 1 aromatic carbocycles. The lowest BCUT2D eigenvalue weighted by Gasteiger charge is -2.47. The monoisotopic (exact) mass is 745 g/mol. The van der Waals surface area contributed by atoms with Crippen LogP contribution in [0.4, 0.5) is 26.2 Å². The molecule has 286 valence electrons. The van der Waals surface area contributed by atoms with E-state index in [1.54, 1.807) is 0 Å². The Hall–Kier alpha value is -5.24. The van der Waals surface area contributed by atoms with Crippen molar-refractivity contribution in [2.45, 2.75) is 103 Å². The summed E-state index contributed by atoms with van der Waals surface area (Å²) >= 11 is 0. The highest BCUT2D eigenvalue weighted by atomic mass is 19.1. The zero-order chi connectivity index (χ0) is 38.2. The number of esters is 3. The van der Waals surface area contributed by atoms with E-state index in [1.165, 1.54) is 7.05 Å². The van der Waals surface area contributed by atoms with Crippen molar-refractivity contribution in [3.63, 3.8) is 0 Å². The average molecular weight is 746 g/mol. The molecule has 5 heterocycles. The van der Waals surface area contributed by atoms with Gasteiger partial charge in [0, 0.05) is 51.5 Å². The maximum absolute atomic E-state index is 15.9. The molecule has 0 aliphatic carbocycles. The van der Waals surface area contributed by atoms with E-state index in [0.29, 0.717) is 6.04 Å². The molecule has 2 N–H and O–H groups in total. The number of benzene rings is 1. The van der Waals surface area contributed by atoms with Crippen LogP contribution in [0.5, 0.6) is 5.75 Å². The van der Waals surface area contributed by atoms with Crippen LogP contribution in [0.25, 0.3) is 5.69 Å². The summed E-state index contributed by atoms with van der Waals surface area (Å²) in [5.41, 5.74) is -1.25. The van der Waals surface area contributed by atoms with Crippen LogP contribution >= 0.6 is 0 Å². The molecule has 3 aromatic rings. The SMILES string of the molecule is CC(=O)OC1COC(Oc2cc(F)c(Nc3ncc(F)c(NC4CC5CCCN5C(C)(C)C4)n3)cc2-n2nnn(C)c2=O)C(OC(C)=O)C1OC(C)=O. The van der Waals surface area contributed by atoms with Gasteiger partial charge < -0.3 is 34.3 Å². The molecule has 0 bridgehead atoms. The number of nitrogens with zero attached hydrogens (tertiary/aromatic N) is 7. The molecule has 53 heavy (non-hydrogen) atoms. The summed E-state index contributed by atoms with van der Waals surface area (Å²) in [7, 11) is 1.34. The first kappa shape index (κ1) is 37.5. The van der Waals surface area contributed by atoms with E-state index in [0.717, 1.165) is 80.7 Å². The molecule has 0 amide bonds. The van der Waals surface area contributed by atoms with Gasteiger partial charge in [0.25, 0.3) is 0 Å². The van der Waals surface area contributed by atoms with Crippen LogP contribution in [0, 0.1) is 11.6 Å². The summed E-state index contributed by atoms with van der Waals surface area (Å²) in [5.74, 6) is -4.51. The fraction of sp³-hybridized carbons (Fsp3) is 0.576. The quantitative estimate of drug-likeness (QED) is 0.225. The van der Waals surface area contributed by atoms with E-state index in [-0.39, 0.29) is 47.1 Å². The summed E-state index contributed by atoms with van der Waals surface area (Å²) in [4.78, 5) is 59.8. The summed E-state index contributed by atoms with van der Waals surface area (Å²) in [6.45, 7) is 8.32. The highest BCUT2D eigenvalue weighted by molar-refractivity contribution is 5.68. The van der Waals surface area contributed by atoms with Crippen LogP contribution < -0.4 is 21.1 Å². The molecule has 0 spiro atoms. The number of hydrogen-bond donors (Lipinski definition) is 2. The second kappa shape index (κ2) is 15.0. The average Bonchev–Trinajstić information content (AvgIpc) is 3.68. The molecule has 0 saturated carbocycles. The number of nitrogens with one attached hydrogen (secondary N) is 2. The summed E-state index contributed by atoms with van der Waals surface area (Å²) in [6, 6.07) is 2.37. The fourth-order valence-corrected chi connectivity index (χ4v) is 7.26. The summed E-state index contributed by atoms with van der Waals surface area (Å²) in [6.07, 6.45) is -0.952. The molecule has 3 aliphatic heterocycles. The van der Waals surface area contributed by atoms with Crippen molar-refractivity contribution >= 4 is 35.4 Å². The first-order valence-corrected chi connectivity index (χ1v) is 17.1. The predicted octanol–water partition coefficient (Wildman–Crippen LogP) is 2.13. The Bertz CT molecular complexity index is 1940. The van der Waals surface area contributed by atoms with Crippen molar-refractivity contribution in [3.05, 3.63) is 40.4 Å². The van der Waals surface area contributed by atoms with Gasteiger partial charge in [0.1, 0.15) is 5.69 Å². The topological polar surface area (TPSA) is 203 Å². The van der Waals surface area contributed by atoms with Crippen molar-refractivity contribution in [2.24, 2.45) is 7.05 Å². The molecule has 2 aromatic heterocycles. The smallest absolute Gasteiger partial charge is 0.368 e. The third-order valence-corrected chi connectivity index (χ3v) is 9.33. The standard InChI is InChI=1S/C33H41F2N9O9/c1-16(45)50-26-15-49-30(28(52-18(3)47)27(26)51-17(2)46)53-25-11-21(34)23(12-24(25)44-32(48)42(6)40-41-44)38-31-36-14-22(35)29(39-31)37-19-10-20-8-7-9-43(20)33(4,5)13-19/h11-12,14,19-20,26-28,30H,7-10,13,15H2,1-6H3,(H2,36,37,38,39). The Morgan fingerprint density at radius 3 is 2.40 bits per heavy atom. The third-order valence-electron chi connectivity index (χ3n) is 9.33. The van der Waals surface area contributed by atoms with E-state index in [9.17, 15) is 19.2 Å². The zero-order valence-corrected chi connectivity index (χ0v) is 30.0. The Morgan fingerprint density at radius 2 is 1.72 bits per heavy atom. The van der Waals surface area contributed by atoms with Crippen LogP contribution in [-0.4, -0.2) is 108 Å². The molecule has 6 rings (SSSR count). The van der Waals surface area contributed by atoms with Crippen molar-refractivity contribution in [3.8, 4) is 11.4 Å². The normalized spacial score (nSPS) is 25.2. The van der Waals surface area contributed by atoms with Crippen LogP contribution in [0.1, 0.15) is 60.3 Å². The minimum Gasteiger partial charge on any atom is -0.458 e. The van der Waals surface area contributed by atoms with Crippen molar-refractivity contribution < 1.29 is 46.8 Å². The lowest BCUT2D eigenvalue weighted by Crippen LogP contribution is -2.59. The van der Waals surface area contributed by atoms with Gasteiger partial charge in [0.2, 0.25) is 18.3 Å². The zero-order valence-electron chi connectivity index (χ0n) is 30.0. The van der Waals surface area contributed by atoms with E-state index in [2.05, 4.69) is 49.8 Å². The van der Waals surface area contributed by atoms with Gasteiger partial charge in [0.05, 0.1) is 18.5 Å². The number of carbonyl (C=O) groups is 3. The number of ether oxygens (including phenoxy) is 5. The Balaban J connectivity index is 1.30. The van der Waals surface area contributed by atoms with E-state index < -0.39 is 59.8 Å². The minimum absolute atomic E-state index is 0.0548. The highest BCUT2D eigenvalue weighted by Gasteiger charge is 2.49. The van der Waals surface area contributed by atoms with Crippen molar-refractivity contribution in [1.82, 2.24) is 34.7 Å². The van der Waals surface area contributed by atoms with Crippen LogP contribution in [0.15, 0.2) is 23.1 Å². The number of tetrazole rings is 1. The molecular weight excluding hydrogens is 704 g/mol. The second-order valence-corrected chi connectivity index (χ2v) is 13.8. The van der Waals surface area contributed by atoms with Crippen LogP contribution in [0.2, 0.25) is 0 Å². The van der Waals surface area contributed by atoms with Gasteiger partial charge in [-0.25, -0.2) is 18.6 Å². The Kier molecular flexibility index (Phi) is 10.6. The number of piperidine rings is 1. The van der Waals surface area contributed by atoms with Crippen molar-refractivity contribution in [1.29, 1.82) is 0 Å². The number of anilines is 3. The lowest BCUT2D eigenvalue weighted by molar-refractivity contribution is -0.259. The number of halogens is 2. The maximum Gasteiger partial charge on any atom is 0.368 e. The molecular formula is C33H41F2N9O9.